The first-order chi connectivity index (χ1) is 36.2. The summed E-state index contributed by atoms with van der Waals surface area (Å²) in [7, 11) is 4.27. The van der Waals surface area contributed by atoms with E-state index in [9.17, 15) is 38.4 Å². The van der Waals surface area contributed by atoms with E-state index in [1.807, 2.05) is 13.0 Å². The number of nitrogens with zero attached hydrogens (tertiary/aromatic N) is 16. The first kappa shape index (κ1) is 65.5. The van der Waals surface area contributed by atoms with Gasteiger partial charge in [-0.3, -0.25) is 19.7 Å². The molecule has 416 valence electrons. The summed E-state index contributed by atoms with van der Waals surface area (Å²) in [5.74, 6) is 0.879. The molecule has 6 aromatic heterocycles. The third-order valence-electron chi connectivity index (χ3n) is 10.6. The van der Waals surface area contributed by atoms with E-state index in [-0.39, 0.29) is 54.7 Å². The highest BCUT2D eigenvalue weighted by Crippen LogP contribution is 2.29. The van der Waals surface area contributed by atoms with Crippen molar-refractivity contribution in [3.8, 4) is 0 Å². The minimum atomic E-state index is -0.917. The van der Waals surface area contributed by atoms with E-state index < -0.39 is 40.9 Å². The smallest absolute Gasteiger partial charge is 0.414 e. The first-order valence-corrected chi connectivity index (χ1v) is 24.6. The van der Waals surface area contributed by atoms with Crippen molar-refractivity contribution in [1.82, 2.24) is 78.5 Å². The fraction of sp³-hybridized carbons (Fsp3) is 0.444. The number of hydrogen-bond acceptors (Lipinski definition) is 19. The van der Waals surface area contributed by atoms with Crippen LogP contribution in [0.25, 0.3) is 16.9 Å². The van der Waals surface area contributed by atoms with Crippen LogP contribution in [0.15, 0.2) is 86.0 Å². The molecular formula is C45H58Cl4N18O10. The number of fused-ring (bicyclic) bond motifs is 3. The number of imide groups is 1. The Morgan fingerprint density at radius 1 is 0.714 bits per heavy atom. The van der Waals surface area contributed by atoms with Crippen LogP contribution >= 0.6 is 46.4 Å². The summed E-state index contributed by atoms with van der Waals surface area (Å²) in [6, 6.07) is 0. The lowest BCUT2D eigenvalue weighted by molar-refractivity contribution is 0.0921. The number of carbonyl (C=O) groups is 4. The van der Waals surface area contributed by atoms with Crippen molar-refractivity contribution in [2.75, 3.05) is 36.7 Å². The molecule has 0 fully saturated rings. The maximum atomic E-state index is 12.2. The van der Waals surface area contributed by atoms with Crippen molar-refractivity contribution in [2.45, 2.75) is 59.8 Å². The molecule has 28 nitrogen and oxygen atoms in total. The number of halogens is 4. The Kier molecular flexibility index (Phi) is 27.8. The molecule has 8 rings (SSSR count). The molecule has 2 atom stereocenters. The zero-order valence-corrected chi connectivity index (χ0v) is 44.8. The number of aliphatic imine (C=N–C) groups is 1. The van der Waals surface area contributed by atoms with Crippen LogP contribution < -0.4 is 28.1 Å². The predicted octanol–water partition coefficient (Wildman–Crippen LogP) is 3.06. The van der Waals surface area contributed by atoms with E-state index >= 15 is 0 Å². The Bertz CT molecular complexity index is 3330. The molecule has 4 amide bonds. The summed E-state index contributed by atoms with van der Waals surface area (Å²) in [5.41, 5.74) is 7.73. The molecule has 0 bridgehead atoms. The number of rotatable bonds is 10. The Hall–Kier alpha value is -7.62. The summed E-state index contributed by atoms with van der Waals surface area (Å²) in [6.45, 7) is 12.4. The number of amides is 4. The molecule has 0 aliphatic heterocycles. The molecule has 0 saturated carbocycles. The lowest BCUT2D eigenvalue weighted by Gasteiger charge is -2.21. The van der Waals surface area contributed by atoms with Gasteiger partial charge in [0.1, 0.15) is 25.6 Å². The number of carbonyl (C=O) groups excluding carboxylic acids is 5. The molecular weight excluding hydrogens is 1090 g/mol. The van der Waals surface area contributed by atoms with E-state index in [0.29, 0.717) is 35.4 Å². The number of aliphatic hydroxyl groups excluding tert-OH is 1. The standard InChI is InChI=1S/C17H20N6O4.C10H16O.C7H4N6O3.C6H6N6O2.2C2H4Cl2.CH4/c1-10(2)12-6-4-11(5-7-12)8-27-16(25)19-15(24)13-14-20-21-22(3)17(26)23(14)9-18-13;1-8(2)10-5-3-9(7-11)4-6-10;1-12-7(16)13-2-8-4(5(13)10-11-12)6(15)9-3-14;1-11-6(14)12-2-8-3(4(7)13)5(12)9-10-11;2*3-1-2-4;/h4,9,12H,1,5-8H2,2-3H3,(H,19,24,25);3,10-11H,1,4-7H2,2H3;2H,1H3;2H,1H3,(H2,7,13);2*1-2H2;1H4/t12-;10-;;;;;/m11...../s1. The number of nitrogens with one attached hydrogen (secondary N) is 1. The zero-order valence-electron chi connectivity index (χ0n) is 41.8. The quantitative estimate of drug-likeness (QED) is 0.0768. The molecule has 77 heavy (non-hydrogen) atoms. The van der Waals surface area contributed by atoms with Crippen LogP contribution in [0, 0.1) is 11.8 Å². The minimum Gasteiger partial charge on any atom is -0.445 e. The Morgan fingerprint density at radius 3 is 1.47 bits per heavy atom. The Morgan fingerprint density at radius 2 is 1.10 bits per heavy atom. The van der Waals surface area contributed by atoms with Gasteiger partial charge in [0.05, 0.1) is 6.61 Å². The largest absolute Gasteiger partial charge is 0.445 e. The van der Waals surface area contributed by atoms with Crippen molar-refractivity contribution in [1.29, 1.82) is 0 Å². The fourth-order valence-electron chi connectivity index (χ4n) is 6.52. The van der Waals surface area contributed by atoms with Crippen molar-refractivity contribution in [3.63, 3.8) is 0 Å². The number of aliphatic hydroxyl groups is 1. The number of primary amides is 1. The average Bonchev–Trinajstić information content (AvgIpc) is 4.18. The van der Waals surface area contributed by atoms with Crippen LogP contribution in [0.5, 0.6) is 0 Å². The Labute approximate surface area is 458 Å². The molecule has 2 aliphatic carbocycles. The topological polar surface area (TPSA) is 360 Å². The van der Waals surface area contributed by atoms with Gasteiger partial charge in [0, 0.05) is 44.7 Å². The number of alkyl carbamates (subject to hydrolysis) is 1. The van der Waals surface area contributed by atoms with E-state index in [2.05, 4.69) is 82.4 Å². The van der Waals surface area contributed by atoms with Crippen molar-refractivity contribution < 1.29 is 33.8 Å². The summed E-state index contributed by atoms with van der Waals surface area (Å²) >= 11 is 20.2. The van der Waals surface area contributed by atoms with Gasteiger partial charge in [-0.05, 0) is 75.4 Å². The second-order valence-electron chi connectivity index (χ2n) is 16.0. The molecule has 4 N–H and O–H groups in total. The average molecular weight is 1150 g/mol. The highest BCUT2D eigenvalue weighted by atomic mass is 35.5. The second-order valence-corrected chi connectivity index (χ2v) is 17.5. The van der Waals surface area contributed by atoms with Gasteiger partial charge in [0.15, 0.2) is 34.0 Å². The lowest BCUT2D eigenvalue weighted by atomic mass is 9.86. The SMILES string of the molecule is C.C=C(C)[C@@H]1CC=C(CO)CC1.C=C(C)[C@@H]1CC=C(COC(=O)NC(=O)c2ncn3c(=O)n(C)nnc23)CC1.ClCCCl.ClCCCl.Cn1nnc2c(C(=O)N=C=O)ncn2c1=O.Cn1nnc2c(C(N)=O)ncn2c1=O. The van der Waals surface area contributed by atoms with E-state index in [1.54, 1.807) is 0 Å². The number of nitrogens with two attached hydrogens (primary N) is 1. The van der Waals surface area contributed by atoms with Gasteiger partial charge in [-0.25, -0.2) is 52.1 Å². The van der Waals surface area contributed by atoms with Gasteiger partial charge in [0.25, 0.3) is 11.8 Å². The zero-order chi connectivity index (χ0) is 56.6. The van der Waals surface area contributed by atoms with Gasteiger partial charge in [0.2, 0.25) is 6.08 Å². The maximum absolute atomic E-state index is 12.2. The second kappa shape index (κ2) is 32.7. The summed E-state index contributed by atoms with van der Waals surface area (Å²) < 4.78 is 11.3. The normalized spacial score (nSPS) is 14.2. The molecule has 2 aliphatic rings. The maximum Gasteiger partial charge on any atom is 0.414 e. The molecule has 0 radical (unpaired) electrons. The van der Waals surface area contributed by atoms with Gasteiger partial charge >= 0.3 is 29.1 Å². The number of imidazole rings is 3. The van der Waals surface area contributed by atoms with Gasteiger partial charge in [-0.2, -0.15) is 14.0 Å². The van der Waals surface area contributed by atoms with E-state index in [4.69, 9.17) is 62.0 Å². The van der Waals surface area contributed by atoms with E-state index in [0.717, 1.165) is 89.2 Å². The summed E-state index contributed by atoms with van der Waals surface area (Å²) in [6.07, 6.45) is 13.8. The molecule has 0 saturated heterocycles. The molecule has 32 heteroatoms. The molecule has 0 unspecified atom stereocenters. The molecule has 6 heterocycles. The third-order valence-corrected chi connectivity index (χ3v) is 11.8. The van der Waals surface area contributed by atoms with Gasteiger partial charge in [-0.15, -0.1) is 66.7 Å². The lowest BCUT2D eigenvalue weighted by Crippen LogP contribution is -2.33. The van der Waals surface area contributed by atoms with Crippen molar-refractivity contribution >= 4 is 93.2 Å². The van der Waals surface area contributed by atoms with E-state index in [1.165, 1.54) is 45.0 Å². The number of ether oxygens (including phenoxy) is 1. The number of hydrogen-bond donors (Lipinski definition) is 3. The third kappa shape index (κ3) is 18.9. The van der Waals surface area contributed by atoms with Gasteiger partial charge in [-0.1, -0.05) is 59.5 Å². The predicted molar refractivity (Wildman–Crippen MR) is 285 cm³/mol. The van der Waals surface area contributed by atoms with Crippen LogP contribution in [-0.4, -0.2) is 145 Å². The number of isocyanates is 1. The molecule has 0 aromatic carbocycles. The number of alkyl halides is 4. The monoisotopic (exact) mass is 1150 g/mol. The highest BCUT2D eigenvalue weighted by Gasteiger charge is 2.22. The summed E-state index contributed by atoms with van der Waals surface area (Å²) in [5, 5.41) is 32.5. The highest BCUT2D eigenvalue weighted by molar-refractivity contribution is 6.26. The minimum absolute atomic E-state index is 0. The molecule has 0 spiro atoms. The van der Waals surface area contributed by atoms with Crippen LogP contribution in [0.3, 0.4) is 0 Å². The van der Waals surface area contributed by atoms with Crippen LogP contribution in [0.1, 0.15) is 91.3 Å². The summed E-state index contributed by atoms with van der Waals surface area (Å²) in [4.78, 5) is 105. The number of aromatic nitrogens is 15. The van der Waals surface area contributed by atoms with Gasteiger partial charge < -0.3 is 15.6 Å². The number of aryl methyl sites for hydroxylation is 3. The van der Waals surface area contributed by atoms with Crippen molar-refractivity contribution in [3.05, 3.63) is 115 Å². The van der Waals surface area contributed by atoms with Crippen LogP contribution in [-0.2, 0) is 30.7 Å². The first-order valence-electron chi connectivity index (χ1n) is 22.4. The van der Waals surface area contributed by atoms with Crippen LogP contribution in [0.2, 0.25) is 0 Å². The van der Waals surface area contributed by atoms with Crippen molar-refractivity contribution in [2.24, 2.45) is 43.7 Å². The fourth-order valence-corrected chi connectivity index (χ4v) is 6.52. The Balaban J connectivity index is 0.000000350. The number of allylic oxidation sites excluding steroid dienone is 4. The van der Waals surface area contributed by atoms with Crippen LogP contribution in [0.4, 0.5) is 4.79 Å². The molecule has 6 aromatic rings.